The molecule has 0 fully saturated rings. The molecule has 4 heteroatoms. The molecule has 0 radical (unpaired) electrons. The fourth-order valence-corrected chi connectivity index (χ4v) is 7.99. The van der Waals surface area contributed by atoms with Crippen molar-refractivity contribution in [2.75, 3.05) is 0 Å². The molecule has 0 bridgehead atoms. The maximum absolute atomic E-state index is 10.7. The smallest absolute Gasteiger partial charge is 0.126 e. The Labute approximate surface area is 316 Å². The van der Waals surface area contributed by atoms with Crippen molar-refractivity contribution in [1.82, 2.24) is 4.98 Å². The molecule has 1 N–H and O–H groups in total. The number of fused-ring (bicyclic) bond motifs is 2. The third-order valence-corrected chi connectivity index (χ3v) is 11.1. The Morgan fingerprint density at radius 3 is 2.02 bits per heavy atom. The number of phenolic OH excluding ortho intramolecular Hbond substituents is 1. The fraction of sp³-hybridized carbons (Fsp3) is 0.143. The van der Waals surface area contributed by atoms with Gasteiger partial charge in [-0.25, -0.2) is 4.98 Å². The lowest BCUT2D eigenvalue weighted by Gasteiger charge is -2.19. The topological polar surface area (TPSA) is 45.5 Å². The summed E-state index contributed by atoms with van der Waals surface area (Å²) < 4.78 is 1.11. The number of hydrogen-bond acceptors (Lipinski definition) is 4. The SMILES string of the molecule is CC(C)c1ccc(-c2ccc(-c3cc(-c4cccc5ccccc45)c4nc(-c5ccccc5N=Cc5cc(C(C)(C)C)ccc5O)sc4c3)cc2)cc1. The molecule has 0 saturated carbocycles. The van der Waals surface area contributed by atoms with E-state index >= 15 is 0 Å². The van der Waals surface area contributed by atoms with Crippen LogP contribution in [0.3, 0.4) is 0 Å². The van der Waals surface area contributed by atoms with Crippen LogP contribution < -0.4 is 0 Å². The summed E-state index contributed by atoms with van der Waals surface area (Å²) in [5, 5.41) is 14.0. The molecule has 7 aromatic carbocycles. The van der Waals surface area contributed by atoms with Crippen LogP contribution in [0.1, 0.15) is 57.2 Å². The Morgan fingerprint density at radius 2 is 1.28 bits per heavy atom. The van der Waals surface area contributed by atoms with Crippen LogP contribution in [0.5, 0.6) is 5.75 Å². The number of aromatic nitrogens is 1. The molecule has 0 aliphatic carbocycles. The maximum Gasteiger partial charge on any atom is 0.126 e. The summed E-state index contributed by atoms with van der Waals surface area (Å²) in [6.07, 6.45) is 1.76. The van der Waals surface area contributed by atoms with E-state index in [-0.39, 0.29) is 11.2 Å². The Hall–Kier alpha value is -5.84. The van der Waals surface area contributed by atoms with E-state index in [2.05, 4.69) is 144 Å². The lowest BCUT2D eigenvalue weighted by molar-refractivity contribution is 0.473. The third kappa shape index (κ3) is 6.91. The monoisotopic (exact) mass is 706 g/mol. The van der Waals surface area contributed by atoms with Gasteiger partial charge in [0.15, 0.2) is 0 Å². The highest BCUT2D eigenvalue weighted by atomic mass is 32.1. The maximum atomic E-state index is 10.7. The summed E-state index contributed by atoms with van der Waals surface area (Å²) in [7, 11) is 0. The Balaban J connectivity index is 1.24. The summed E-state index contributed by atoms with van der Waals surface area (Å²) in [6, 6.07) is 51.4. The molecule has 0 unspecified atom stereocenters. The number of benzene rings is 7. The molecule has 1 aromatic heterocycles. The molecule has 0 spiro atoms. The summed E-state index contributed by atoms with van der Waals surface area (Å²) in [5.74, 6) is 0.722. The van der Waals surface area contributed by atoms with Gasteiger partial charge in [-0.05, 0) is 97.4 Å². The first kappa shape index (κ1) is 34.3. The summed E-state index contributed by atoms with van der Waals surface area (Å²) >= 11 is 1.69. The number of nitrogens with zero attached hydrogens (tertiary/aromatic N) is 2. The van der Waals surface area contributed by atoms with Crippen molar-refractivity contribution in [3.05, 3.63) is 162 Å². The van der Waals surface area contributed by atoms with Gasteiger partial charge in [-0.2, -0.15) is 0 Å². The second-order valence-electron chi connectivity index (χ2n) is 15.1. The fourth-order valence-electron chi connectivity index (χ4n) is 6.92. The number of para-hydroxylation sites is 1. The van der Waals surface area contributed by atoms with E-state index in [9.17, 15) is 5.11 Å². The molecular weight excluding hydrogens is 665 g/mol. The number of aliphatic imine (C=N–C) groups is 1. The van der Waals surface area contributed by atoms with E-state index < -0.39 is 0 Å². The van der Waals surface area contributed by atoms with Gasteiger partial charge in [-0.15, -0.1) is 11.3 Å². The van der Waals surface area contributed by atoms with E-state index in [1.807, 2.05) is 30.3 Å². The number of thiazole rings is 1. The van der Waals surface area contributed by atoms with Gasteiger partial charge in [0, 0.05) is 22.9 Å². The molecule has 3 nitrogen and oxygen atoms in total. The van der Waals surface area contributed by atoms with Crippen molar-refractivity contribution in [3.8, 4) is 49.7 Å². The van der Waals surface area contributed by atoms with Gasteiger partial charge in [0.2, 0.25) is 0 Å². The van der Waals surface area contributed by atoms with Crippen molar-refractivity contribution in [1.29, 1.82) is 0 Å². The molecule has 1 heterocycles. The second kappa shape index (κ2) is 13.9. The van der Waals surface area contributed by atoms with Crippen LogP contribution in [-0.4, -0.2) is 16.3 Å². The minimum atomic E-state index is -0.0442. The quantitative estimate of drug-likeness (QED) is 0.168. The van der Waals surface area contributed by atoms with Gasteiger partial charge in [-0.1, -0.05) is 144 Å². The summed E-state index contributed by atoms with van der Waals surface area (Å²) in [6.45, 7) is 11.0. The minimum absolute atomic E-state index is 0.0442. The molecule has 0 amide bonds. The number of rotatable bonds is 7. The van der Waals surface area contributed by atoms with Crippen LogP contribution in [0.4, 0.5) is 5.69 Å². The molecule has 260 valence electrons. The van der Waals surface area contributed by atoms with Gasteiger partial charge >= 0.3 is 0 Å². The molecule has 0 aliphatic rings. The zero-order valence-corrected chi connectivity index (χ0v) is 31.6. The lowest BCUT2D eigenvalue weighted by Crippen LogP contribution is -2.11. The first-order valence-corrected chi connectivity index (χ1v) is 19.0. The Kier molecular flexibility index (Phi) is 9.01. The molecular formula is C49H42N2OS. The van der Waals surface area contributed by atoms with E-state index in [4.69, 9.17) is 9.98 Å². The third-order valence-electron chi connectivity index (χ3n) is 10.1. The van der Waals surface area contributed by atoms with E-state index in [0.29, 0.717) is 11.5 Å². The largest absolute Gasteiger partial charge is 0.507 e. The second-order valence-corrected chi connectivity index (χ2v) is 16.1. The van der Waals surface area contributed by atoms with E-state index in [1.54, 1.807) is 23.6 Å². The summed E-state index contributed by atoms with van der Waals surface area (Å²) in [5.41, 5.74) is 12.9. The van der Waals surface area contributed by atoms with Crippen molar-refractivity contribution in [2.24, 2.45) is 4.99 Å². The molecule has 0 atom stereocenters. The van der Waals surface area contributed by atoms with Crippen LogP contribution in [0.25, 0.3) is 64.9 Å². The van der Waals surface area contributed by atoms with E-state index in [1.165, 1.54) is 27.5 Å². The number of hydrogen-bond donors (Lipinski definition) is 1. The molecule has 8 aromatic rings. The van der Waals surface area contributed by atoms with Gasteiger partial charge in [0.05, 0.1) is 15.9 Å². The standard InChI is InChI=1S/C49H42N2OS/c1-31(2)32-17-19-33(20-18-32)34-21-23-35(24-22-34)37-28-43(41-15-10-12-36-11-6-7-13-40(36)41)47-46(29-37)53-48(51-47)42-14-8-9-16-44(42)50-30-38-27-39(49(3,4)5)25-26-45(38)52/h6-31,52H,1-5H3. The highest BCUT2D eigenvalue weighted by Gasteiger charge is 2.18. The van der Waals surface area contributed by atoms with Gasteiger partial charge in [0.25, 0.3) is 0 Å². The van der Waals surface area contributed by atoms with E-state index in [0.717, 1.165) is 54.3 Å². The Morgan fingerprint density at radius 1 is 0.642 bits per heavy atom. The Bertz CT molecular complexity index is 2620. The van der Waals surface area contributed by atoms with Crippen LogP contribution in [0.15, 0.2) is 151 Å². The highest BCUT2D eigenvalue weighted by molar-refractivity contribution is 7.21. The predicted octanol–water partition coefficient (Wildman–Crippen LogP) is 14.0. The van der Waals surface area contributed by atoms with Gasteiger partial charge in [-0.3, -0.25) is 4.99 Å². The summed E-state index contributed by atoms with van der Waals surface area (Å²) in [4.78, 5) is 10.3. The van der Waals surface area contributed by atoms with Crippen molar-refractivity contribution < 1.29 is 5.11 Å². The minimum Gasteiger partial charge on any atom is -0.507 e. The zero-order chi connectivity index (χ0) is 36.7. The van der Waals surface area contributed by atoms with Crippen LogP contribution >= 0.6 is 11.3 Å². The first-order valence-electron chi connectivity index (χ1n) is 18.2. The number of phenols is 1. The van der Waals surface area contributed by atoms with Crippen molar-refractivity contribution in [3.63, 3.8) is 0 Å². The van der Waals surface area contributed by atoms with Gasteiger partial charge < -0.3 is 5.11 Å². The molecule has 53 heavy (non-hydrogen) atoms. The number of aromatic hydroxyl groups is 1. The highest BCUT2D eigenvalue weighted by Crippen LogP contribution is 2.43. The molecule has 0 aliphatic heterocycles. The van der Waals surface area contributed by atoms with Crippen molar-refractivity contribution >= 4 is 44.2 Å². The normalized spacial score (nSPS) is 12.0. The van der Waals surface area contributed by atoms with Crippen LogP contribution in [0.2, 0.25) is 0 Å². The predicted molar refractivity (Wildman–Crippen MR) is 227 cm³/mol. The molecule has 0 saturated heterocycles. The van der Waals surface area contributed by atoms with Gasteiger partial charge in [0.1, 0.15) is 10.8 Å². The van der Waals surface area contributed by atoms with Crippen molar-refractivity contribution in [2.45, 2.75) is 46.0 Å². The average molecular weight is 707 g/mol. The lowest BCUT2D eigenvalue weighted by atomic mass is 9.86. The average Bonchev–Trinajstić information content (AvgIpc) is 3.61. The zero-order valence-electron chi connectivity index (χ0n) is 30.8. The first-order chi connectivity index (χ1) is 25.6. The van der Waals surface area contributed by atoms with Crippen LogP contribution in [-0.2, 0) is 5.41 Å². The van der Waals surface area contributed by atoms with Crippen LogP contribution in [0, 0.1) is 0 Å². The molecule has 8 rings (SSSR count).